The number of halogens is 1. The summed E-state index contributed by atoms with van der Waals surface area (Å²) in [5, 5.41) is 2.71. The lowest BCUT2D eigenvalue weighted by Gasteiger charge is -2.20. The number of carbonyl (C=O) groups excluding carboxylic acids is 3. The first-order valence-electron chi connectivity index (χ1n) is 8.52. The van der Waals surface area contributed by atoms with Gasteiger partial charge in [0, 0.05) is 28.7 Å². The fourth-order valence-corrected chi connectivity index (χ4v) is 2.56. The Bertz CT molecular complexity index is 703. The van der Waals surface area contributed by atoms with Crippen LogP contribution in [0, 0.1) is 0 Å². The van der Waals surface area contributed by atoms with Crippen LogP contribution in [-0.2, 0) is 19.1 Å². The van der Waals surface area contributed by atoms with Crippen molar-refractivity contribution in [2.24, 2.45) is 0 Å². The van der Waals surface area contributed by atoms with Crippen LogP contribution in [0.1, 0.15) is 26.3 Å². The summed E-state index contributed by atoms with van der Waals surface area (Å²) < 4.78 is 11.0. The van der Waals surface area contributed by atoms with E-state index in [4.69, 9.17) is 9.47 Å². The number of likely N-dealkylation sites (N-methyl/N-ethyl adjacent to an activating group) is 1. The number of hydrogen-bond acceptors (Lipinski definition) is 5. The number of esters is 1. The zero-order chi connectivity index (χ0) is 20.4. The maximum Gasteiger partial charge on any atom is 0.331 e. The SMILES string of the molecule is CCN(CC(=O)NC(C)C)C(=O)COC(=O)/C=C/c1cc(Br)ccc1OC. The van der Waals surface area contributed by atoms with Crippen LogP contribution in [0.3, 0.4) is 0 Å². The van der Waals surface area contributed by atoms with E-state index in [1.807, 2.05) is 19.9 Å². The number of nitrogens with one attached hydrogen (secondary N) is 1. The van der Waals surface area contributed by atoms with Crippen molar-refractivity contribution in [3.05, 3.63) is 34.3 Å². The summed E-state index contributed by atoms with van der Waals surface area (Å²) in [6, 6.07) is 5.37. The van der Waals surface area contributed by atoms with Crippen LogP contribution in [0.15, 0.2) is 28.7 Å². The Morgan fingerprint density at radius 3 is 2.59 bits per heavy atom. The maximum absolute atomic E-state index is 12.1. The van der Waals surface area contributed by atoms with Crippen LogP contribution < -0.4 is 10.1 Å². The predicted molar refractivity (Wildman–Crippen MR) is 106 cm³/mol. The topological polar surface area (TPSA) is 84.9 Å². The monoisotopic (exact) mass is 440 g/mol. The summed E-state index contributed by atoms with van der Waals surface area (Å²) in [4.78, 5) is 37.1. The molecule has 0 unspecified atom stereocenters. The Balaban J connectivity index is 2.58. The van der Waals surface area contributed by atoms with E-state index in [0.29, 0.717) is 17.9 Å². The molecule has 0 fully saturated rings. The van der Waals surface area contributed by atoms with Crippen LogP contribution in [0.25, 0.3) is 6.08 Å². The summed E-state index contributed by atoms with van der Waals surface area (Å²) >= 11 is 3.35. The Hall–Kier alpha value is -2.35. The van der Waals surface area contributed by atoms with Gasteiger partial charge in [0.15, 0.2) is 6.61 Å². The van der Waals surface area contributed by atoms with Gasteiger partial charge in [-0.05, 0) is 45.0 Å². The first-order valence-corrected chi connectivity index (χ1v) is 9.31. The average molecular weight is 441 g/mol. The zero-order valence-electron chi connectivity index (χ0n) is 16.0. The summed E-state index contributed by atoms with van der Waals surface area (Å²) in [5.41, 5.74) is 0.690. The van der Waals surface area contributed by atoms with E-state index >= 15 is 0 Å². The first-order chi connectivity index (χ1) is 12.8. The highest BCUT2D eigenvalue weighted by molar-refractivity contribution is 9.10. The van der Waals surface area contributed by atoms with Crippen LogP contribution in [0.4, 0.5) is 0 Å². The second kappa shape index (κ2) is 11.4. The van der Waals surface area contributed by atoms with Crippen molar-refractivity contribution in [3.63, 3.8) is 0 Å². The van der Waals surface area contributed by atoms with Gasteiger partial charge in [-0.1, -0.05) is 15.9 Å². The predicted octanol–water partition coefficient (Wildman–Crippen LogP) is 2.39. The van der Waals surface area contributed by atoms with Crippen molar-refractivity contribution in [1.29, 1.82) is 0 Å². The molecule has 0 atom stereocenters. The van der Waals surface area contributed by atoms with Crippen molar-refractivity contribution >= 4 is 39.8 Å². The number of methoxy groups -OCH3 is 1. The van der Waals surface area contributed by atoms with Gasteiger partial charge in [0.05, 0.1) is 13.7 Å². The zero-order valence-corrected chi connectivity index (χ0v) is 17.5. The van der Waals surface area contributed by atoms with Gasteiger partial charge in [0.25, 0.3) is 5.91 Å². The van der Waals surface area contributed by atoms with Gasteiger partial charge in [-0.2, -0.15) is 0 Å². The van der Waals surface area contributed by atoms with Gasteiger partial charge in [0.1, 0.15) is 5.75 Å². The van der Waals surface area contributed by atoms with Crippen molar-refractivity contribution < 1.29 is 23.9 Å². The molecule has 0 saturated carbocycles. The molecule has 0 aromatic heterocycles. The third kappa shape index (κ3) is 8.25. The minimum atomic E-state index is -0.659. The Kier molecular flexibility index (Phi) is 9.56. The Morgan fingerprint density at radius 1 is 1.30 bits per heavy atom. The normalized spacial score (nSPS) is 10.7. The smallest absolute Gasteiger partial charge is 0.331 e. The molecule has 2 amide bonds. The molecule has 0 aliphatic carbocycles. The quantitative estimate of drug-likeness (QED) is 0.470. The van der Waals surface area contributed by atoms with E-state index in [-0.39, 0.29) is 18.5 Å². The van der Waals surface area contributed by atoms with Crippen LogP contribution >= 0.6 is 15.9 Å². The molecule has 1 aromatic rings. The van der Waals surface area contributed by atoms with Gasteiger partial charge in [-0.25, -0.2) is 4.79 Å². The number of nitrogens with zero attached hydrogens (tertiary/aromatic N) is 1. The Labute approximate surface area is 167 Å². The molecular formula is C19H25BrN2O5. The molecule has 1 N–H and O–H groups in total. The van der Waals surface area contributed by atoms with Crippen LogP contribution in [-0.4, -0.2) is 55.5 Å². The number of hydrogen-bond donors (Lipinski definition) is 1. The standard InChI is InChI=1S/C19H25BrN2O5/c1-5-22(11-17(23)21-13(2)3)18(24)12-27-19(25)9-6-14-10-15(20)7-8-16(14)26-4/h6-10,13H,5,11-12H2,1-4H3,(H,21,23)/b9-6+. The molecule has 0 aliphatic rings. The third-order valence-electron chi connectivity index (χ3n) is 3.45. The molecule has 1 rings (SSSR count). The Morgan fingerprint density at radius 2 is 2.00 bits per heavy atom. The summed E-state index contributed by atoms with van der Waals surface area (Å²) in [6.45, 7) is 5.27. The maximum atomic E-state index is 12.1. The van der Waals surface area contributed by atoms with Crippen LogP contribution in [0.5, 0.6) is 5.75 Å². The number of rotatable bonds is 9. The molecule has 0 saturated heterocycles. The summed E-state index contributed by atoms with van der Waals surface area (Å²) in [5.74, 6) is -0.744. The van der Waals surface area contributed by atoms with E-state index in [1.54, 1.807) is 25.1 Å². The number of ether oxygens (including phenoxy) is 2. The average Bonchev–Trinajstić information content (AvgIpc) is 2.61. The van der Waals surface area contributed by atoms with E-state index in [0.717, 1.165) is 4.47 Å². The lowest BCUT2D eigenvalue weighted by atomic mass is 10.2. The molecule has 7 nitrogen and oxygen atoms in total. The van der Waals surface area contributed by atoms with Gasteiger partial charge in [-0.3, -0.25) is 9.59 Å². The van der Waals surface area contributed by atoms with Crippen LogP contribution in [0.2, 0.25) is 0 Å². The van der Waals surface area contributed by atoms with Crippen molar-refractivity contribution in [3.8, 4) is 5.75 Å². The number of amides is 2. The van der Waals surface area contributed by atoms with Crippen molar-refractivity contribution in [2.45, 2.75) is 26.8 Å². The lowest BCUT2D eigenvalue weighted by molar-refractivity contribution is -0.148. The van der Waals surface area contributed by atoms with Gasteiger partial charge >= 0.3 is 5.97 Å². The molecular weight excluding hydrogens is 416 g/mol. The molecule has 0 radical (unpaired) electrons. The van der Waals surface area contributed by atoms with E-state index in [2.05, 4.69) is 21.2 Å². The highest BCUT2D eigenvalue weighted by atomic mass is 79.9. The highest BCUT2D eigenvalue weighted by Crippen LogP contribution is 2.24. The molecule has 0 heterocycles. The second-order valence-corrected chi connectivity index (χ2v) is 6.87. The second-order valence-electron chi connectivity index (χ2n) is 5.96. The molecule has 148 valence electrons. The molecule has 8 heteroatoms. The number of carbonyl (C=O) groups is 3. The summed E-state index contributed by atoms with van der Waals surface area (Å²) in [7, 11) is 1.53. The molecule has 0 spiro atoms. The van der Waals surface area contributed by atoms with Gasteiger partial charge < -0.3 is 19.7 Å². The molecule has 27 heavy (non-hydrogen) atoms. The first kappa shape index (κ1) is 22.7. The fraction of sp³-hybridized carbons (Fsp3) is 0.421. The third-order valence-corrected chi connectivity index (χ3v) is 3.94. The van der Waals surface area contributed by atoms with E-state index < -0.39 is 18.5 Å². The minimum Gasteiger partial charge on any atom is -0.496 e. The van der Waals surface area contributed by atoms with E-state index in [1.165, 1.54) is 18.1 Å². The lowest BCUT2D eigenvalue weighted by Crippen LogP contribution is -2.44. The van der Waals surface area contributed by atoms with Gasteiger partial charge in [-0.15, -0.1) is 0 Å². The molecule has 0 bridgehead atoms. The van der Waals surface area contributed by atoms with Gasteiger partial charge in [0.2, 0.25) is 5.91 Å². The van der Waals surface area contributed by atoms with Crippen molar-refractivity contribution in [2.75, 3.05) is 26.8 Å². The van der Waals surface area contributed by atoms with Crippen molar-refractivity contribution in [1.82, 2.24) is 10.2 Å². The minimum absolute atomic E-state index is 0.00992. The number of benzene rings is 1. The van der Waals surface area contributed by atoms with E-state index in [9.17, 15) is 14.4 Å². The highest BCUT2D eigenvalue weighted by Gasteiger charge is 2.17. The molecule has 1 aromatic carbocycles. The molecule has 0 aliphatic heterocycles. The largest absolute Gasteiger partial charge is 0.496 e. The fourth-order valence-electron chi connectivity index (χ4n) is 2.18. The summed E-state index contributed by atoms with van der Waals surface area (Å²) in [6.07, 6.45) is 2.77.